The van der Waals surface area contributed by atoms with Crippen molar-refractivity contribution < 1.29 is 4.79 Å². The number of aryl methyl sites for hydroxylation is 2. The Labute approximate surface area is 157 Å². The van der Waals surface area contributed by atoms with E-state index in [9.17, 15) is 9.59 Å². The average molecular weight is 375 g/mol. The van der Waals surface area contributed by atoms with Gasteiger partial charge < -0.3 is 14.8 Å². The normalized spacial score (nSPS) is 15.1. The minimum Gasteiger partial charge on any atom is -0.352 e. The number of nitrogens with zero attached hydrogens (tertiary/aromatic N) is 3. The van der Waals surface area contributed by atoms with Crippen LogP contribution in [-0.4, -0.2) is 34.6 Å². The minimum atomic E-state index is -0.111. The van der Waals surface area contributed by atoms with Gasteiger partial charge in [-0.1, -0.05) is 11.6 Å². The summed E-state index contributed by atoms with van der Waals surface area (Å²) < 4.78 is 1.65. The number of carbonyl (C=O) groups is 1. The Hall–Kier alpha value is -2.34. The van der Waals surface area contributed by atoms with Crippen LogP contribution in [0.1, 0.15) is 35.7 Å². The van der Waals surface area contributed by atoms with E-state index in [1.54, 1.807) is 23.0 Å². The largest absolute Gasteiger partial charge is 0.352 e. The number of piperidine rings is 1. The Bertz CT molecular complexity index is 837. The molecule has 1 saturated heterocycles. The molecule has 6 nitrogen and oxygen atoms in total. The molecule has 0 saturated carbocycles. The molecule has 0 spiro atoms. The molecule has 1 N–H and O–H groups in total. The van der Waals surface area contributed by atoms with Gasteiger partial charge in [-0.2, -0.15) is 0 Å². The predicted molar refractivity (Wildman–Crippen MR) is 103 cm³/mol. The second-order valence-electron chi connectivity index (χ2n) is 6.59. The van der Waals surface area contributed by atoms with Gasteiger partial charge in [0.05, 0.1) is 0 Å². The highest BCUT2D eigenvalue weighted by molar-refractivity contribution is 6.31. The molecule has 1 amide bonds. The maximum absolute atomic E-state index is 12.5. The van der Waals surface area contributed by atoms with Gasteiger partial charge in [0.25, 0.3) is 11.5 Å². The van der Waals surface area contributed by atoms with Crippen LogP contribution in [0.25, 0.3) is 0 Å². The van der Waals surface area contributed by atoms with Crippen molar-refractivity contribution in [2.24, 2.45) is 0 Å². The molecule has 1 aliphatic heterocycles. The highest BCUT2D eigenvalue weighted by atomic mass is 35.5. The molecule has 0 bridgehead atoms. The number of anilines is 1. The number of nitrogens with one attached hydrogen (secondary N) is 1. The fourth-order valence-corrected chi connectivity index (χ4v) is 3.56. The van der Waals surface area contributed by atoms with E-state index in [0.717, 1.165) is 18.4 Å². The van der Waals surface area contributed by atoms with E-state index >= 15 is 0 Å². The fourth-order valence-electron chi connectivity index (χ4n) is 3.27. The third-order valence-electron chi connectivity index (χ3n) is 4.67. The zero-order chi connectivity index (χ0) is 18.7. The third kappa shape index (κ3) is 4.07. The summed E-state index contributed by atoms with van der Waals surface area (Å²) in [6, 6.07) is 5.42. The van der Waals surface area contributed by atoms with Crippen molar-refractivity contribution in [2.75, 3.05) is 18.0 Å². The summed E-state index contributed by atoms with van der Waals surface area (Å²) in [4.78, 5) is 31.1. The molecule has 26 heavy (non-hydrogen) atoms. The molecule has 2 aromatic rings. The summed E-state index contributed by atoms with van der Waals surface area (Å²) in [5.41, 5.74) is 1.47. The number of hydrogen-bond donors (Lipinski definition) is 1. The van der Waals surface area contributed by atoms with E-state index in [4.69, 9.17) is 11.6 Å². The first-order valence-corrected chi connectivity index (χ1v) is 9.24. The van der Waals surface area contributed by atoms with Crippen LogP contribution in [0.4, 0.5) is 5.82 Å². The quantitative estimate of drug-likeness (QED) is 0.893. The molecule has 1 aromatic heterocycles. The van der Waals surface area contributed by atoms with Crippen molar-refractivity contribution in [3.63, 3.8) is 0 Å². The zero-order valence-electron chi connectivity index (χ0n) is 15.0. The number of amides is 1. The van der Waals surface area contributed by atoms with E-state index in [2.05, 4.69) is 10.3 Å². The van der Waals surface area contributed by atoms with Gasteiger partial charge in [-0.05, 0) is 50.5 Å². The highest BCUT2D eigenvalue weighted by Crippen LogP contribution is 2.17. The lowest BCUT2D eigenvalue weighted by molar-refractivity contribution is 0.0931. The van der Waals surface area contributed by atoms with Gasteiger partial charge in [0.15, 0.2) is 5.82 Å². The van der Waals surface area contributed by atoms with Gasteiger partial charge in [-0.25, -0.2) is 4.98 Å². The maximum Gasteiger partial charge on any atom is 0.293 e. The molecular weight excluding hydrogens is 352 g/mol. The van der Waals surface area contributed by atoms with Gasteiger partial charge in [-0.15, -0.1) is 0 Å². The number of halogens is 1. The predicted octanol–water partition coefficient (Wildman–Crippen LogP) is 2.62. The van der Waals surface area contributed by atoms with Crippen LogP contribution in [0.3, 0.4) is 0 Å². The molecule has 2 heterocycles. The number of hydrogen-bond acceptors (Lipinski definition) is 4. The maximum atomic E-state index is 12.5. The molecule has 1 fully saturated rings. The fraction of sp³-hybridized carbons (Fsp3) is 0.421. The number of benzene rings is 1. The molecule has 0 unspecified atom stereocenters. The van der Waals surface area contributed by atoms with E-state index in [1.807, 2.05) is 30.9 Å². The van der Waals surface area contributed by atoms with Crippen LogP contribution in [0.5, 0.6) is 0 Å². The second-order valence-corrected chi connectivity index (χ2v) is 7.03. The van der Waals surface area contributed by atoms with Gasteiger partial charge in [0, 0.05) is 48.7 Å². The van der Waals surface area contributed by atoms with Gasteiger partial charge in [0.2, 0.25) is 0 Å². The third-order valence-corrected chi connectivity index (χ3v) is 4.89. The van der Waals surface area contributed by atoms with E-state index in [-0.39, 0.29) is 17.5 Å². The lowest BCUT2D eigenvalue weighted by Crippen LogP contribution is -2.46. The summed E-state index contributed by atoms with van der Waals surface area (Å²) in [6.07, 6.45) is 4.90. The SMILES string of the molecule is CCn1ccnc(N2CCC(NC(=O)c3cc(C)cc(Cl)c3)CC2)c1=O. The Morgan fingerprint density at radius 2 is 2.04 bits per heavy atom. The minimum absolute atomic E-state index is 0.0631. The average Bonchev–Trinajstić information content (AvgIpc) is 2.62. The zero-order valence-corrected chi connectivity index (χ0v) is 15.8. The molecule has 138 valence electrons. The number of rotatable bonds is 4. The summed E-state index contributed by atoms with van der Waals surface area (Å²) in [5.74, 6) is 0.379. The number of carbonyl (C=O) groups excluding carboxylic acids is 1. The van der Waals surface area contributed by atoms with Gasteiger partial charge in [-0.3, -0.25) is 9.59 Å². The Morgan fingerprint density at radius 1 is 1.31 bits per heavy atom. The number of aromatic nitrogens is 2. The van der Waals surface area contributed by atoms with Crippen LogP contribution in [0.2, 0.25) is 5.02 Å². The van der Waals surface area contributed by atoms with Crippen LogP contribution in [0.15, 0.2) is 35.4 Å². The first-order chi connectivity index (χ1) is 12.5. The molecular formula is C19H23ClN4O2. The lowest BCUT2D eigenvalue weighted by atomic mass is 10.0. The first kappa shape index (κ1) is 18.5. The first-order valence-electron chi connectivity index (χ1n) is 8.86. The second kappa shape index (κ2) is 7.91. The monoisotopic (exact) mass is 374 g/mol. The Morgan fingerprint density at radius 3 is 2.69 bits per heavy atom. The topological polar surface area (TPSA) is 67.2 Å². The van der Waals surface area contributed by atoms with E-state index < -0.39 is 0 Å². The summed E-state index contributed by atoms with van der Waals surface area (Å²) in [6.45, 7) is 5.85. The molecule has 1 aliphatic rings. The van der Waals surface area contributed by atoms with Gasteiger partial charge >= 0.3 is 0 Å². The van der Waals surface area contributed by atoms with Crippen molar-refractivity contribution in [3.8, 4) is 0 Å². The van der Waals surface area contributed by atoms with E-state index in [1.165, 1.54) is 0 Å². The van der Waals surface area contributed by atoms with Crippen molar-refractivity contribution in [1.29, 1.82) is 0 Å². The van der Waals surface area contributed by atoms with Crippen molar-refractivity contribution in [1.82, 2.24) is 14.9 Å². The summed E-state index contributed by atoms with van der Waals surface area (Å²) in [7, 11) is 0. The summed E-state index contributed by atoms with van der Waals surface area (Å²) >= 11 is 6.04. The standard InChI is InChI=1S/C19H23ClN4O2/c1-3-23-9-6-21-17(19(23)26)24-7-4-16(5-8-24)22-18(25)14-10-13(2)11-15(20)12-14/h6,9-12,16H,3-5,7-8H2,1-2H3,(H,22,25). The van der Waals surface area contributed by atoms with Crippen LogP contribution < -0.4 is 15.8 Å². The van der Waals surface area contributed by atoms with E-state index in [0.29, 0.717) is 36.0 Å². The smallest absolute Gasteiger partial charge is 0.293 e. The highest BCUT2D eigenvalue weighted by Gasteiger charge is 2.24. The van der Waals surface area contributed by atoms with Crippen molar-refractivity contribution in [3.05, 3.63) is 57.1 Å². The molecule has 0 radical (unpaired) electrons. The Kier molecular flexibility index (Phi) is 5.61. The van der Waals surface area contributed by atoms with Crippen LogP contribution >= 0.6 is 11.6 Å². The molecule has 1 aromatic carbocycles. The molecule has 0 atom stereocenters. The molecule has 0 aliphatic carbocycles. The van der Waals surface area contributed by atoms with Crippen LogP contribution in [0, 0.1) is 6.92 Å². The molecule has 7 heteroatoms. The van der Waals surface area contributed by atoms with Crippen molar-refractivity contribution >= 4 is 23.3 Å². The van der Waals surface area contributed by atoms with Crippen LogP contribution in [-0.2, 0) is 6.54 Å². The van der Waals surface area contributed by atoms with Crippen molar-refractivity contribution in [2.45, 2.75) is 39.3 Å². The lowest BCUT2D eigenvalue weighted by Gasteiger charge is -2.32. The summed E-state index contributed by atoms with van der Waals surface area (Å²) in [5, 5.41) is 3.63. The molecule has 3 rings (SSSR count). The Balaban J connectivity index is 1.62. The van der Waals surface area contributed by atoms with Gasteiger partial charge in [0.1, 0.15) is 0 Å².